The van der Waals surface area contributed by atoms with Crippen molar-refractivity contribution in [3.8, 4) is 5.88 Å². The second-order valence-corrected chi connectivity index (χ2v) is 2.90. The first-order chi connectivity index (χ1) is 6.74. The molecule has 1 rings (SSSR count). The lowest BCUT2D eigenvalue weighted by Crippen LogP contribution is -2.26. The van der Waals surface area contributed by atoms with Crippen molar-refractivity contribution in [2.24, 2.45) is 0 Å². The SMILES string of the molecule is CCCC(Oc1ccccn1)C(=O)O. The largest absolute Gasteiger partial charge is 0.479 e. The van der Waals surface area contributed by atoms with Crippen molar-refractivity contribution < 1.29 is 14.6 Å². The molecule has 14 heavy (non-hydrogen) atoms. The van der Waals surface area contributed by atoms with E-state index in [4.69, 9.17) is 9.84 Å². The maximum atomic E-state index is 10.7. The lowest BCUT2D eigenvalue weighted by Gasteiger charge is -2.12. The van der Waals surface area contributed by atoms with Gasteiger partial charge in [-0.1, -0.05) is 19.4 Å². The predicted octanol–water partition coefficient (Wildman–Crippen LogP) is 1.71. The average Bonchev–Trinajstić information content (AvgIpc) is 2.18. The van der Waals surface area contributed by atoms with Gasteiger partial charge in [-0.15, -0.1) is 0 Å². The van der Waals surface area contributed by atoms with Gasteiger partial charge in [-0.25, -0.2) is 9.78 Å². The van der Waals surface area contributed by atoms with Crippen molar-refractivity contribution in [2.75, 3.05) is 0 Å². The van der Waals surface area contributed by atoms with E-state index >= 15 is 0 Å². The van der Waals surface area contributed by atoms with Gasteiger partial charge in [0.25, 0.3) is 0 Å². The van der Waals surface area contributed by atoms with Crippen molar-refractivity contribution in [3.63, 3.8) is 0 Å². The number of carbonyl (C=O) groups is 1. The molecule has 0 aliphatic rings. The zero-order valence-corrected chi connectivity index (χ0v) is 8.01. The van der Waals surface area contributed by atoms with Crippen LogP contribution in [0.5, 0.6) is 5.88 Å². The second-order valence-electron chi connectivity index (χ2n) is 2.90. The number of nitrogens with zero attached hydrogens (tertiary/aromatic N) is 1. The Labute approximate surface area is 82.5 Å². The topological polar surface area (TPSA) is 59.4 Å². The zero-order valence-electron chi connectivity index (χ0n) is 8.01. The van der Waals surface area contributed by atoms with E-state index in [1.807, 2.05) is 6.92 Å². The molecule has 0 aliphatic heterocycles. The van der Waals surface area contributed by atoms with Gasteiger partial charge in [0.1, 0.15) is 0 Å². The van der Waals surface area contributed by atoms with Crippen molar-refractivity contribution in [1.82, 2.24) is 4.98 Å². The zero-order chi connectivity index (χ0) is 10.4. The van der Waals surface area contributed by atoms with E-state index in [1.54, 1.807) is 24.4 Å². The fourth-order valence-corrected chi connectivity index (χ4v) is 1.06. The fraction of sp³-hybridized carbons (Fsp3) is 0.400. The summed E-state index contributed by atoms with van der Waals surface area (Å²) in [6.07, 6.45) is 2.03. The van der Waals surface area contributed by atoms with Gasteiger partial charge < -0.3 is 9.84 Å². The molecule has 0 amide bonds. The van der Waals surface area contributed by atoms with E-state index in [1.165, 1.54) is 0 Å². The Hall–Kier alpha value is -1.58. The van der Waals surface area contributed by atoms with Gasteiger partial charge in [0, 0.05) is 12.3 Å². The van der Waals surface area contributed by atoms with Crippen molar-refractivity contribution >= 4 is 5.97 Å². The van der Waals surface area contributed by atoms with Crippen LogP contribution < -0.4 is 4.74 Å². The second kappa shape index (κ2) is 5.21. The van der Waals surface area contributed by atoms with Gasteiger partial charge in [-0.2, -0.15) is 0 Å². The molecule has 0 aliphatic carbocycles. The molecule has 0 aromatic carbocycles. The van der Waals surface area contributed by atoms with Crippen LogP contribution in [0, 0.1) is 0 Å². The predicted molar refractivity (Wildman–Crippen MR) is 51.2 cm³/mol. The maximum Gasteiger partial charge on any atom is 0.344 e. The van der Waals surface area contributed by atoms with E-state index < -0.39 is 12.1 Å². The lowest BCUT2D eigenvalue weighted by molar-refractivity contribution is -0.145. The Balaban J connectivity index is 2.60. The summed E-state index contributed by atoms with van der Waals surface area (Å²) in [7, 11) is 0. The molecule has 0 fully saturated rings. The standard InChI is InChI=1S/C10H13NO3/c1-2-5-8(10(12)13)14-9-6-3-4-7-11-9/h3-4,6-8H,2,5H2,1H3,(H,12,13). The minimum absolute atomic E-state index is 0.355. The number of aliphatic carboxylic acids is 1. The molecule has 1 aromatic heterocycles. The van der Waals surface area contributed by atoms with Crippen LogP contribution in [0.2, 0.25) is 0 Å². The Bertz CT molecular complexity index is 287. The van der Waals surface area contributed by atoms with Crippen molar-refractivity contribution in [3.05, 3.63) is 24.4 Å². The van der Waals surface area contributed by atoms with Crippen LogP contribution in [0.25, 0.3) is 0 Å². The summed E-state index contributed by atoms with van der Waals surface area (Å²) >= 11 is 0. The third-order valence-electron chi connectivity index (χ3n) is 1.73. The number of ether oxygens (including phenoxy) is 1. The van der Waals surface area contributed by atoms with E-state index in [-0.39, 0.29) is 0 Å². The van der Waals surface area contributed by atoms with Crippen molar-refractivity contribution in [2.45, 2.75) is 25.9 Å². The summed E-state index contributed by atoms with van der Waals surface area (Å²) in [5.41, 5.74) is 0. The summed E-state index contributed by atoms with van der Waals surface area (Å²) in [6.45, 7) is 1.91. The molecular formula is C10H13NO3. The first kappa shape index (κ1) is 10.5. The Morgan fingerprint density at radius 1 is 1.64 bits per heavy atom. The highest BCUT2D eigenvalue weighted by Crippen LogP contribution is 2.10. The van der Waals surface area contributed by atoms with Crippen LogP contribution in [0.1, 0.15) is 19.8 Å². The summed E-state index contributed by atoms with van der Waals surface area (Å²) in [6, 6.07) is 5.15. The first-order valence-electron chi connectivity index (χ1n) is 4.54. The molecule has 0 bridgehead atoms. The summed E-state index contributed by atoms with van der Waals surface area (Å²) < 4.78 is 5.21. The molecule has 0 spiro atoms. The summed E-state index contributed by atoms with van der Waals surface area (Å²) in [4.78, 5) is 14.6. The van der Waals surface area contributed by atoms with Gasteiger partial charge in [-0.05, 0) is 12.5 Å². The van der Waals surface area contributed by atoms with Crippen molar-refractivity contribution in [1.29, 1.82) is 0 Å². The molecule has 0 saturated carbocycles. The monoisotopic (exact) mass is 195 g/mol. The average molecular weight is 195 g/mol. The summed E-state index contributed by atoms with van der Waals surface area (Å²) in [5, 5.41) is 8.81. The molecule has 1 atom stereocenters. The molecule has 1 unspecified atom stereocenters. The molecule has 4 heteroatoms. The number of hydrogen-bond donors (Lipinski definition) is 1. The number of carboxylic acids is 1. The molecule has 76 valence electrons. The smallest absolute Gasteiger partial charge is 0.344 e. The Morgan fingerprint density at radius 2 is 2.43 bits per heavy atom. The van der Waals surface area contributed by atoms with Crippen LogP contribution in [0.3, 0.4) is 0 Å². The highest BCUT2D eigenvalue weighted by molar-refractivity contribution is 5.72. The number of hydrogen-bond acceptors (Lipinski definition) is 3. The Kier molecular flexibility index (Phi) is 3.91. The first-order valence-corrected chi connectivity index (χ1v) is 4.54. The number of rotatable bonds is 5. The minimum Gasteiger partial charge on any atom is -0.479 e. The molecule has 0 saturated heterocycles. The number of pyridine rings is 1. The third kappa shape index (κ3) is 3.05. The number of carboxylic acid groups (broad SMARTS) is 1. The molecule has 0 radical (unpaired) electrons. The summed E-state index contributed by atoms with van der Waals surface area (Å²) in [5.74, 6) is -0.592. The van der Waals surface area contributed by atoms with Gasteiger partial charge in [0.15, 0.2) is 6.10 Å². The number of aromatic nitrogens is 1. The highest BCUT2D eigenvalue weighted by atomic mass is 16.5. The van der Waals surface area contributed by atoms with Gasteiger partial charge in [0.2, 0.25) is 5.88 Å². The van der Waals surface area contributed by atoms with Crippen LogP contribution in [0.4, 0.5) is 0 Å². The van der Waals surface area contributed by atoms with E-state index in [0.29, 0.717) is 12.3 Å². The molecule has 4 nitrogen and oxygen atoms in total. The minimum atomic E-state index is -0.947. The van der Waals surface area contributed by atoms with Gasteiger partial charge >= 0.3 is 5.97 Å². The van der Waals surface area contributed by atoms with Crippen LogP contribution >= 0.6 is 0 Å². The van der Waals surface area contributed by atoms with E-state index in [9.17, 15) is 4.79 Å². The van der Waals surface area contributed by atoms with Crippen LogP contribution in [-0.4, -0.2) is 22.2 Å². The molecule has 1 aromatic rings. The lowest BCUT2D eigenvalue weighted by atomic mass is 10.2. The molecule has 1 N–H and O–H groups in total. The van der Waals surface area contributed by atoms with Crippen LogP contribution in [0.15, 0.2) is 24.4 Å². The molecule has 1 heterocycles. The molecular weight excluding hydrogens is 182 g/mol. The Morgan fingerprint density at radius 3 is 2.93 bits per heavy atom. The van der Waals surface area contributed by atoms with Gasteiger partial charge in [-0.3, -0.25) is 0 Å². The van der Waals surface area contributed by atoms with Gasteiger partial charge in [0.05, 0.1) is 0 Å². The maximum absolute atomic E-state index is 10.7. The van der Waals surface area contributed by atoms with Crippen LogP contribution in [-0.2, 0) is 4.79 Å². The quantitative estimate of drug-likeness (QED) is 0.777. The fourth-order valence-electron chi connectivity index (χ4n) is 1.06. The third-order valence-corrected chi connectivity index (χ3v) is 1.73. The van der Waals surface area contributed by atoms with E-state index in [0.717, 1.165) is 6.42 Å². The highest BCUT2D eigenvalue weighted by Gasteiger charge is 2.18. The van der Waals surface area contributed by atoms with E-state index in [2.05, 4.69) is 4.98 Å². The normalized spacial score (nSPS) is 12.1.